The number of likely N-dealkylation sites (N-methyl/N-ethyl adjacent to an activating group) is 1. The number of carbonyl (C=O) groups is 1. The van der Waals surface area contributed by atoms with Crippen molar-refractivity contribution in [1.82, 2.24) is 20.4 Å². The monoisotopic (exact) mass is 551 g/mol. The van der Waals surface area contributed by atoms with Crippen LogP contribution < -0.4 is 10.6 Å². The van der Waals surface area contributed by atoms with Crippen molar-refractivity contribution in [2.24, 2.45) is 4.99 Å². The highest BCUT2D eigenvalue weighted by molar-refractivity contribution is 14.0. The molecule has 2 bridgehead atoms. The molecule has 3 rings (SSSR count). The molecule has 0 spiro atoms. The summed E-state index contributed by atoms with van der Waals surface area (Å²) in [5.74, 6) is 0.845. The summed E-state index contributed by atoms with van der Waals surface area (Å²) in [6, 6.07) is 0.813. The highest BCUT2D eigenvalue weighted by Crippen LogP contribution is 2.36. The summed E-state index contributed by atoms with van der Waals surface area (Å²) in [7, 11) is 6.12. The summed E-state index contributed by atoms with van der Waals surface area (Å²) in [5, 5.41) is 7.18. The Morgan fingerprint density at radius 1 is 1.19 bits per heavy atom. The van der Waals surface area contributed by atoms with Crippen molar-refractivity contribution in [2.75, 3.05) is 40.9 Å². The first-order valence-electron chi connectivity index (χ1n) is 11.4. The summed E-state index contributed by atoms with van der Waals surface area (Å²) < 4.78 is 11.2. The van der Waals surface area contributed by atoms with Crippen LogP contribution in [0.2, 0.25) is 0 Å². The molecule has 180 valence electrons. The van der Waals surface area contributed by atoms with E-state index >= 15 is 0 Å². The van der Waals surface area contributed by atoms with Crippen molar-refractivity contribution in [3.8, 4) is 0 Å². The van der Waals surface area contributed by atoms with Crippen LogP contribution in [0.4, 0.5) is 4.79 Å². The molecule has 3 fully saturated rings. The molecular formula is C22H42IN5O3. The van der Waals surface area contributed by atoms with E-state index in [2.05, 4.69) is 34.6 Å². The molecule has 1 amide bonds. The topological polar surface area (TPSA) is 78.4 Å². The number of nitrogens with zero attached hydrogens (tertiary/aromatic N) is 3. The fourth-order valence-corrected chi connectivity index (χ4v) is 5.08. The maximum Gasteiger partial charge on any atom is 0.410 e. The standard InChI is InChI=1S/C22H41N5O3.HI/c1-21(2,3)30-20(28)27-17-7-8-18(27)14-16(13-17)25-19(23-4)24-15-22(26(5)6)9-11-29-12-10-22;/h16-18H,7-15H2,1-6H3,(H2,23,24,25);1H. The molecule has 31 heavy (non-hydrogen) atoms. The van der Waals surface area contributed by atoms with Crippen molar-refractivity contribution in [3.63, 3.8) is 0 Å². The Kier molecular flexibility index (Phi) is 9.27. The first-order chi connectivity index (χ1) is 14.1. The number of guanidine groups is 1. The van der Waals surface area contributed by atoms with E-state index in [1.54, 1.807) is 0 Å². The normalized spacial score (nSPS) is 28.2. The minimum atomic E-state index is -0.454. The molecule has 2 N–H and O–H groups in total. The zero-order valence-corrected chi connectivity index (χ0v) is 22.4. The lowest BCUT2D eigenvalue weighted by molar-refractivity contribution is -0.00519. The molecule has 2 atom stereocenters. The molecule has 0 radical (unpaired) electrons. The molecule has 0 aromatic rings. The van der Waals surface area contributed by atoms with Crippen LogP contribution in [0.1, 0.15) is 59.3 Å². The Morgan fingerprint density at radius 2 is 1.77 bits per heavy atom. The van der Waals surface area contributed by atoms with Gasteiger partial charge in [-0.15, -0.1) is 24.0 Å². The molecule has 9 heteroatoms. The third-order valence-electron chi connectivity index (χ3n) is 6.86. The largest absolute Gasteiger partial charge is 0.444 e. The van der Waals surface area contributed by atoms with Crippen LogP contribution in [-0.4, -0.2) is 92.0 Å². The average Bonchev–Trinajstić information content (AvgIpc) is 2.95. The number of carbonyl (C=O) groups excluding carboxylic acids is 1. The van der Waals surface area contributed by atoms with Crippen molar-refractivity contribution >= 4 is 36.0 Å². The highest BCUT2D eigenvalue weighted by atomic mass is 127. The van der Waals surface area contributed by atoms with Crippen LogP contribution in [0, 0.1) is 0 Å². The third-order valence-corrected chi connectivity index (χ3v) is 6.86. The SMILES string of the molecule is CN=C(NCC1(N(C)C)CCOCC1)NC1CC2CCC(C1)N2C(=O)OC(C)(C)C.I. The van der Waals surface area contributed by atoms with Crippen LogP contribution in [0.15, 0.2) is 4.99 Å². The fraction of sp³-hybridized carbons (Fsp3) is 0.909. The number of ether oxygens (including phenoxy) is 2. The highest BCUT2D eigenvalue weighted by Gasteiger charge is 2.45. The Balaban J connectivity index is 0.00000341. The van der Waals surface area contributed by atoms with Gasteiger partial charge in [0.05, 0.1) is 0 Å². The number of hydrogen-bond acceptors (Lipinski definition) is 5. The second-order valence-electron chi connectivity index (χ2n) is 10.2. The third kappa shape index (κ3) is 6.60. The molecule has 3 aliphatic rings. The lowest BCUT2D eigenvalue weighted by Crippen LogP contribution is -2.59. The van der Waals surface area contributed by atoms with Gasteiger partial charge in [0.1, 0.15) is 5.60 Å². The molecular weight excluding hydrogens is 509 g/mol. The number of aliphatic imine (C=N–C) groups is 1. The van der Waals surface area contributed by atoms with Gasteiger partial charge in [0.2, 0.25) is 0 Å². The van der Waals surface area contributed by atoms with Gasteiger partial charge in [0.15, 0.2) is 5.96 Å². The van der Waals surface area contributed by atoms with E-state index in [-0.39, 0.29) is 47.7 Å². The number of fused-ring (bicyclic) bond motifs is 2. The van der Waals surface area contributed by atoms with Gasteiger partial charge in [-0.25, -0.2) is 4.79 Å². The quantitative estimate of drug-likeness (QED) is 0.318. The molecule has 3 heterocycles. The van der Waals surface area contributed by atoms with E-state index in [4.69, 9.17) is 9.47 Å². The van der Waals surface area contributed by atoms with Gasteiger partial charge >= 0.3 is 6.09 Å². The number of nitrogens with one attached hydrogen (secondary N) is 2. The summed E-state index contributed by atoms with van der Waals surface area (Å²) in [6.07, 6.45) is 5.84. The Morgan fingerprint density at radius 3 is 2.26 bits per heavy atom. The number of rotatable bonds is 4. The van der Waals surface area contributed by atoms with Crippen molar-refractivity contribution in [1.29, 1.82) is 0 Å². The first kappa shape index (κ1) is 26.4. The molecule has 0 aromatic heterocycles. The first-order valence-corrected chi connectivity index (χ1v) is 11.4. The van der Waals surface area contributed by atoms with Gasteiger partial charge in [-0.2, -0.15) is 0 Å². The van der Waals surface area contributed by atoms with Crippen LogP contribution in [0.25, 0.3) is 0 Å². The van der Waals surface area contributed by atoms with Crippen molar-refractivity contribution in [2.45, 2.75) is 88.6 Å². The van der Waals surface area contributed by atoms with E-state index in [0.717, 1.165) is 64.2 Å². The fourth-order valence-electron chi connectivity index (χ4n) is 5.08. The van der Waals surface area contributed by atoms with Crippen molar-refractivity contribution < 1.29 is 14.3 Å². The van der Waals surface area contributed by atoms with Gasteiger partial charge in [-0.3, -0.25) is 4.99 Å². The number of piperidine rings is 1. The van der Waals surface area contributed by atoms with Gasteiger partial charge < -0.3 is 29.9 Å². The summed E-state index contributed by atoms with van der Waals surface area (Å²) in [6.45, 7) is 8.23. The van der Waals surface area contributed by atoms with E-state index in [1.807, 2.05) is 32.7 Å². The lowest BCUT2D eigenvalue weighted by Gasteiger charge is -2.43. The zero-order chi connectivity index (χ0) is 21.9. The predicted molar refractivity (Wildman–Crippen MR) is 134 cm³/mol. The molecule has 0 aliphatic carbocycles. The smallest absolute Gasteiger partial charge is 0.410 e. The molecule has 3 aliphatic heterocycles. The van der Waals surface area contributed by atoms with Gasteiger partial charge in [-0.1, -0.05) is 0 Å². The van der Waals surface area contributed by atoms with Crippen LogP contribution >= 0.6 is 24.0 Å². The predicted octanol–water partition coefficient (Wildman–Crippen LogP) is 2.81. The number of amides is 1. The summed E-state index contributed by atoms with van der Waals surface area (Å²) >= 11 is 0. The Labute approximate surface area is 204 Å². The maximum atomic E-state index is 12.7. The van der Waals surface area contributed by atoms with E-state index < -0.39 is 5.60 Å². The van der Waals surface area contributed by atoms with E-state index in [0.29, 0.717) is 6.04 Å². The second-order valence-corrected chi connectivity index (χ2v) is 10.2. The minimum absolute atomic E-state index is 0. The summed E-state index contributed by atoms with van der Waals surface area (Å²) in [5.41, 5.74) is -0.362. The van der Waals surface area contributed by atoms with Crippen molar-refractivity contribution in [3.05, 3.63) is 0 Å². The molecule has 0 aromatic carbocycles. The summed E-state index contributed by atoms with van der Waals surface area (Å²) in [4.78, 5) is 21.4. The van der Waals surface area contributed by atoms with Crippen LogP contribution in [-0.2, 0) is 9.47 Å². The van der Waals surface area contributed by atoms with Gasteiger partial charge in [0, 0.05) is 50.5 Å². The number of halogens is 1. The Bertz CT molecular complexity index is 617. The van der Waals surface area contributed by atoms with Gasteiger partial charge in [0.25, 0.3) is 0 Å². The van der Waals surface area contributed by atoms with Gasteiger partial charge in [-0.05, 0) is 73.4 Å². The van der Waals surface area contributed by atoms with Crippen LogP contribution in [0.3, 0.4) is 0 Å². The average molecular weight is 552 g/mol. The maximum absolute atomic E-state index is 12.7. The molecule has 2 unspecified atom stereocenters. The Hall–Kier alpha value is -0.810. The minimum Gasteiger partial charge on any atom is -0.444 e. The second kappa shape index (κ2) is 10.9. The van der Waals surface area contributed by atoms with E-state index in [9.17, 15) is 4.79 Å². The van der Waals surface area contributed by atoms with Crippen LogP contribution in [0.5, 0.6) is 0 Å². The molecule has 3 saturated heterocycles. The lowest BCUT2D eigenvalue weighted by atomic mass is 9.88. The van der Waals surface area contributed by atoms with E-state index in [1.165, 1.54) is 0 Å². The molecule has 8 nitrogen and oxygen atoms in total. The number of hydrogen-bond donors (Lipinski definition) is 2. The zero-order valence-electron chi connectivity index (χ0n) is 20.1. The molecule has 0 saturated carbocycles.